The Kier molecular flexibility index (Phi) is 23.3. The molecule has 4 heteroatoms. The molecule has 0 spiro atoms. The number of rotatable bonds is 28. The van der Waals surface area contributed by atoms with E-state index in [1.165, 1.54) is 116 Å². The van der Waals surface area contributed by atoms with Gasteiger partial charge in [-0.1, -0.05) is 120 Å². The minimum atomic E-state index is -0.0927. The van der Waals surface area contributed by atoms with E-state index in [-0.39, 0.29) is 28.3 Å². The molecule has 4 unspecified atom stereocenters. The van der Waals surface area contributed by atoms with Crippen LogP contribution in [-0.4, -0.2) is 74.3 Å². The van der Waals surface area contributed by atoms with Crippen molar-refractivity contribution in [1.29, 1.82) is 0 Å². The van der Waals surface area contributed by atoms with Gasteiger partial charge in [0.2, 0.25) is 0 Å². The molecule has 0 aliphatic rings. The summed E-state index contributed by atoms with van der Waals surface area (Å²) in [6.07, 6.45) is 20.8. The van der Waals surface area contributed by atoms with Crippen molar-refractivity contribution in [2.24, 2.45) is 11.8 Å². The van der Waals surface area contributed by atoms with E-state index >= 15 is 0 Å². The lowest BCUT2D eigenvalue weighted by molar-refractivity contribution is -0.238. The van der Waals surface area contributed by atoms with E-state index in [2.05, 4.69) is 138 Å². The molecular formula is C44H94N4. The molecule has 0 aliphatic heterocycles. The molecule has 0 bridgehead atoms. The monoisotopic (exact) mass is 679 g/mol. The zero-order valence-electron chi connectivity index (χ0n) is 36.7. The Morgan fingerprint density at radius 1 is 0.479 bits per heavy atom. The second-order valence-corrected chi connectivity index (χ2v) is 18.4. The third kappa shape index (κ3) is 15.2. The maximum Gasteiger partial charge on any atom is 0.0832 e. The van der Waals surface area contributed by atoms with Crippen molar-refractivity contribution < 1.29 is 0 Å². The van der Waals surface area contributed by atoms with Crippen molar-refractivity contribution in [1.82, 2.24) is 19.8 Å². The number of unbranched alkanes of at least 4 members (excludes halogenated alkanes) is 6. The smallest absolute Gasteiger partial charge is 0.0832 e. The summed E-state index contributed by atoms with van der Waals surface area (Å²) in [5, 5.41) is 6.03. The van der Waals surface area contributed by atoms with E-state index in [0.29, 0.717) is 0 Å². The average Bonchev–Trinajstić information content (AvgIpc) is 3.01. The molecule has 0 aromatic heterocycles. The van der Waals surface area contributed by atoms with Gasteiger partial charge >= 0.3 is 0 Å². The fourth-order valence-electron chi connectivity index (χ4n) is 8.72. The quantitative estimate of drug-likeness (QED) is 0.0464. The maximum absolute atomic E-state index is 3.05. The molecular weight excluding hydrogens is 585 g/mol. The summed E-state index contributed by atoms with van der Waals surface area (Å²) in [4.78, 5) is 5.95. The number of hydrogen-bond acceptors (Lipinski definition) is 4. The van der Waals surface area contributed by atoms with E-state index in [0.717, 1.165) is 24.7 Å². The Morgan fingerprint density at radius 3 is 1.17 bits per heavy atom. The van der Waals surface area contributed by atoms with Gasteiger partial charge in [0.15, 0.2) is 0 Å². The Hall–Kier alpha value is -0.160. The first-order chi connectivity index (χ1) is 22.4. The van der Waals surface area contributed by atoms with Crippen LogP contribution >= 0.6 is 0 Å². The number of nitrogens with zero attached hydrogens (tertiary/aromatic N) is 4. The van der Waals surface area contributed by atoms with Gasteiger partial charge in [0.05, 0.1) is 11.7 Å². The first-order valence-electron chi connectivity index (χ1n) is 21.5. The van der Waals surface area contributed by atoms with Crippen LogP contribution in [-0.2, 0) is 0 Å². The van der Waals surface area contributed by atoms with Gasteiger partial charge in [-0.05, 0) is 126 Å². The van der Waals surface area contributed by atoms with E-state index in [9.17, 15) is 0 Å². The molecule has 48 heavy (non-hydrogen) atoms. The van der Waals surface area contributed by atoms with Crippen molar-refractivity contribution in [2.75, 3.05) is 26.2 Å². The van der Waals surface area contributed by atoms with Crippen molar-refractivity contribution in [3.8, 4) is 0 Å². The standard InChI is InChI=1S/C44H94N4/c1-18-26-30-34-45(35-31-27-19-2)40(47(41(9,10)11)42(12,13)14)44(17,25-8)48(43(15,16)24-7)46(36-38(22-5)32-28-20-3)37-39(23-6)33-29-21-4/h38-40H,18-37H2,1-17H3. The van der Waals surface area contributed by atoms with E-state index in [4.69, 9.17) is 0 Å². The summed E-state index contributed by atoms with van der Waals surface area (Å²) in [6.45, 7) is 46.8. The summed E-state index contributed by atoms with van der Waals surface area (Å²) in [7, 11) is 0. The molecule has 0 aromatic carbocycles. The van der Waals surface area contributed by atoms with Gasteiger partial charge in [-0.2, -0.15) is 0 Å². The zero-order valence-corrected chi connectivity index (χ0v) is 36.7. The predicted molar refractivity (Wildman–Crippen MR) is 219 cm³/mol. The van der Waals surface area contributed by atoms with Crippen LogP contribution in [0.2, 0.25) is 0 Å². The van der Waals surface area contributed by atoms with Crippen molar-refractivity contribution in [3.63, 3.8) is 0 Å². The van der Waals surface area contributed by atoms with E-state index < -0.39 is 0 Å². The van der Waals surface area contributed by atoms with Crippen LogP contribution in [0.3, 0.4) is 0 Å². The average molecular weight is 679 g/mol. The van der Waals surface area contributed by atoms with Gasteiger partial charge in [-0.25, -0.2) is 10.0 Å². The molecule has 0 aromatic rings. The Morgan fingerprint density at radius 2 is 0.875 bits per heavy atom. The highest BCUT2D eigenvalue weighted by molar-refractivity contribution is 5.06. The SMILES string of the molecule is CCCCCN(CCCCC)C(N(C(C)(C)C)C(C)(C)C)C(C)(CC)N(N(CC(CC)CCCC)CC(CC)CCCC)C(C)(C)CC. The van der Waals surface area contributed by atoms with Gasteiger partial charge in [0, 0.05) is 29.7 Å². The molecule has 0 amide bonds. The molecule has 0 N–H and O–H groups in total. The van der Waals surface area contributed by atoms with Crippen molar-refractivity contribution >= 4 is 0 Å². The fourth-order valence-corrected chi connectivity index (χ4v) is 8.72. The molecule has 0 radical (unpaired) electrons. The predicted octanol–water partition coefficient (Wildman–Crippen LogP) is 13.2. The topological polar surface area (TPSA) is 13.0 Å². The van der Waals surface area contributed by atoms with Gasteiger partial charge < -0.3 is 0 Å². The van der Waals surface area contributed by atoms with Crippen LogP contribution < -0.4 is 0 Å². The molecule has 290 valence electrons. The lowest BCUT2D eigenvalue weighted by Crippen LogP contribution is -2.77. The molecule has 4 nitrogen and oxygen atoms in total. The third-order valence-corrected chi connectivity index (χ3v) is 11.6. The minimum absolute atomic E-state index is 0.0140. The lowest BCUT2D eigenvalue weighted by atomic mass is 9.81. The van der Waals surface area contributed by atoms with Gasteiger partial charge in [0.25, 0.3) is 0 Å². The highest BCUT2D eigenvalue weighted by Gasteiger charge is 2.54. The van der Waals surface area contributed by atoms with Gasteiger partial charge in [-0.15, -0.1) is 0 Å². The summed E-state index contributed by atoms with van der Waals surface area (Å²) >= 11 is 0. The first kappa shape index (κ1) is 47.8. The molecule has 0 fully saturated rings. The first-order valence-corrected chi connectivity index (χ1v) is 21.5. The molecule has 0 aliphatic carbocycles. The largest absolute Gasteiger partial charge is 0.286 e. The van der Waals surface area contributed by atoms with Crippen LogP contribution in [0.4, 0.5) is 0 Å². The van der Waals surface area contributed by atoms with Gasteiger partial charge in [-0.3, -0.25) is 9.80 Å². The second-order valence-electron chi connectivity index (χ2n) is 18.4. The highest BCUT2D eigenvalue weighted by Crippen LogP contribution is 2.43. The van der Waals surface area contributed by atoms with Crippen LogP contribution in [0.1, 0.15) is 220 Å². The maximum atomic E-state index is 3.05. The minimum Gasteiger partial charge on any atom is -0.286 e. The van der Waals surface area contributed by atoms with Crippen LogP contribution in [0, 0.1) is 11.8 Å². The van der Waals surface area contributed by atoms with E-state index in [1.807, 2.05) is 0 Å². The summed E-state index contributed by atoms with van der Waals surface area (Å²) in [5.74, 6) is 1.46. The Balaban J connectivity index is 7.94. The van der Waals surface area contributed by atoms with Crippen molar-refractivity contribution in [3.05, 3.63) is 0 Å². The molecule has 4 atom stereocenters. The van der Waals surface area contributed by atoms with Gasteiger partial charge in [0.1, 0.15) is 0 Å². The van der Waals surface area contributed by atoms with Crippen LogP contribution in [0.5, 0.6) is 0 Å². The van der Waals surface area contributed by atoms with Crippen LogP contribution in [0.15, 0.2) is 0 Å². The summed E-state index contributed by atoms with van der Waals surface area (Å²) in [5.41, 5.74) is -0.0418. The van der Waals surface area contributed by atoms with Crippen LogP contribution in [0.25, 0.3) is 0 Å². The summed E-state index contributed by atoms with van der Waals surface area (Å²) in [6, 6.07) is 0. The molecule has 0 heterocycles. The third-order valence-electron chi connectivity index (χ3n) is 11.6. The number of hydrogen-bond donors (Lipinski definition) is 0. The van der Waals surface area contributed by atoms with Crippen molar-refractivity contribution in [2.45, 2.75) is 249 Å². The Labute approximate surface area is 305 Å². The molecule has 0 saturated carbocycles. The lowest BCUT2D eigenvalue weighted by Gasteiger charge is -2.65. The molecule has 0 rings (SSSR count). The summed E-state index contributed by atoms with van der Waals surface area (Å²) < 4.78 is 0. The normalized spacial score (nSPS) is 16.7. The Bertz CT molecular complexity index is 738. The second kappa shape index (κ2) is 23.4. The zero-order chi connectivity index (χ0) is 37.2. The number of hydrazine groups is 1. The highest BCUT2D eigenvalue weighted by atomic mass is 15.7. The van der Waals surface area contributed by atoms with E-state index in [1.54, 1.807) is 0 Å². The fraction of sp³-hybridized carbons (Fsp3) is 1.00. The molecule has 0 saturated heterocycles.